The average Bonchev–Trinajstić information content (AvgIpc) is 3.57. The molecule has 0 fully saturated rings. The van der Waals surface area contributed by atoms with Gasteiger partial charge < -0.3 is 0 Å². The third-order valence-electron chi connectivity index (χ3n) is 6.41. The Bertz CT molecular complexity index is 1190. The van der Waals surface area contributed by atoms with E-state index in [0.717, 1.165) is 48.6 Å². The lowest BCUT2D eigenvalue weighted by molar-refractivity contribution is -0.119. The zero-order valence-corrected chi connectivity index (χ0v) is 21.3. The predicted molar refractivity (Wildman–Crippen MR) is 143 cm³/mol. The molecule has 2 aromatic carbocycles. The molecule has 0 saturated carbocycles. The van der Waals surface area contributed by atoms with E-state index in [-0.39, 0.29) is 5.91 Å². The number of Topliss-reactive ketones (excluding diaryl/α,β-unsaturated/α-hetero) is 1. The van der Waals surface area contributed by atoms with Crippen LogP contribution in [-0.2, 0) is 4.79 Å². The first-order valence-electron chi connectivity index (χ1n) is 13.0. The van der Waals surface area contributed by atoms with E-state index in [0.29, 0.717) is 18.0 Å². The van der Waals surface area contributed by atoms with Gasteiger partial charge in [0.25, 0.3) is 5.91 Å². The number of aromatic nitrogens is 2. The monoisotopic (exact) mass is 485 g/mol. The summed E-state index contributed by atoms with van der Waals surface area (Å²) in [6.07, 6.45) is 12.2. The fraction of sp³-hybridized carbons (Fsp3) is 0.379. The Kier molecular flexibility index (Phi) is 8.66. The van der Waals surface area contributed by atoms with Crippen LogP contribution in [0.2, 0.25) is 0 Å². The first-order chi connectivity index (χ1) is 17.7. The van der Waals surface area contributed by atoms with Crippen LogP contribution in [0.4, 0.5) is 5.82 Å². The second-order valence-electron chi connectivity index (χ2n) is 9.10. The number of para-hydroxylation sites is 1. The van der Waals surface area contributed by atoms with E-state index in [9.17, 15) is 9.59 Å². The Hall–Kier alpha value is -3.74. The summed E-state index contributed by atoms with van der Waals surface area (Å²) >= 11 is 0. The topological polar surface area (TPSA) is 70.8 Å². The summed E-state index contributed by atoms with van der Waals surface area (Å²) in [6.45, 7) is 4.63. The molecule has 36 heavy (non-hydrogen) atoms. The Morgan fingerprint density at radius 3 is 2.22 bits per heavy atom. The number of imidazole rings is 1. The van der Waals surface area contributed by atoms with Gasteiger partial charge in [0.2, 0.25) is 0 Å². The van der Waals surface area contributed by atoms with Gasteiger partial charge in [0.05, 0.1) is 11.9 Å². The lowest BCUT2D eigenvalue weighted by Crippen LogP contribution is -2.48. The molecule has 1 amide bonds. The SMILES string of the molecule is CCCCCC(=O)CCCCC.O=C(c1ccccc1)N1CN=C2c3ccccc3-n3cncc3N21. The number of nitrogens with zero attached hydrogens (tertiary/aromatic N) is 5. The molecule has 7 heteroatoms. The highest BCUT2D eigenvalue weighted by Crippen LogP contribution is 2.34. The third kappa shape index (κ3) is 5.56. The van der Waals surface area contributed by atoms with Crippen molar-refractivity contribution < 1.29 is 9.59 Å². The van der Waals surface area contributed by atoms with Crippen LogP contribution in [0.5, 0.6) is 0 Å². The van der Waals surface area contributed by atoms with E-state index in [1.807, 2.05) is 64.2 Å². The maximum absolute atomic E-state index is 12.9. The maximum atomic E-state index is 12.9. The lowest BCUT2D eigenvalue weighted by Gasteiger charge is -2.34. The molecule has 2 aliphatic rings. The molecule has 0 spiro atoms. The molecule has 7 nitrogen and oxygen atoms in total. The smallest absolute Gasteiger partial charge is 0.274 e. The molecule has 0 unspecified atom stereocenters. The number of hydrogen-bond acceptors (Lipinski definition) is 5. The van der Waals surface area contributed by atoms with Crippen LogP contribution in [0.25, 0.3) is 5.69 Å². The second-order valence-corrected chi connectivity index (χ2v) is 9.10. The predicted octanol–water partition coefficient (Wildman–Crippen LogP) is 6.18. The molecule has 5 rings (SSSR count). The number of fused-ring (bicyclic) bond motifs is 6. The molecule has 0 N–H and O–H groups in total. The van der Waals surface area contributed by atoms with Gasteiger partial charge in [-0.15, -0.1) is 0 Å². The lowest BCUT2D eigenvalue weighted by atomic mass is 10.1. The quantitative estimate of drug-likeness (QED) is 0.339. The molecule has 0 aliphatic carbocycles. The highest BCUT2D eigenvalue weighted by atomic mass is 16.2. The Labute approximate surface area is 213 Å². The van der Waals surface area contributed by atoms with Crippen LogP contribution in [-0.4, -0.2) is 38.8 Å². The van der Waals surface area contributed by atoms with Crippen LogP contribution in [0.15, 0.2) is 72.1 Å². The largest absolute Gasteiger partial charge is 0.300 e. The van der Waals surface area contributed by atoms with Crippen molar-refractivity contribution >= 4 is 23.3 Å². The van der Waals surface area contributed by atoms with Crippen LogP contribution < -0.4 is 5.01 Å². The number of aliphatic imine (C=N–C) groups is 1. The number of rotatable bonds is 9. The number of benzene rings is 2. The molecule has 0 bridgehead atoms. The Balaban J connectivity index is 0.000000218. The van der Waals surface area contributed by atoms with E-state index in [1.54, 1.807) is 17.5 Å². The normalized spacial score (nSPS) is 13.2. The van der Waals surface area contributed by atoms with Crippen molar-refractivity contribution in [3.63, 3.8) is 0 Å². The van der Waals surface area contributed by atoms with E-state index in [2.05, 4.69) is 23.8 Å². The molecule has 2 aliphatic heterocycles. The molecular formula is C29H35N5O2. The number of carbonyl (C=O) groups excluding carboxylic acids is 2. The summed E-state index contributed by atoms with van der Waals surface area (Å²) in [7, 11) is 0. The first kappa shape index (κ1) is 25.4. The number of ketones is 1. The highest BCUT2D eigenvalue weighted by Gasteiger charge is 2.38. The van der Waals surface area contributed by atoms with Crippen LogP contribution in [0, 0.1) is 0 Å². The number of unbranched alkanes of at least 4 members (excludes halogenated alkanes) is 4. The van der Waals surface area contributed by atoms with Crippen molar-refractivity contribution in [1.29, 1.82) is 0 Å². The van der Waals surface area contributed by atoms with Gasteiger partial charge in [-0.25, -0.2) is 20.0 Å². The van der Waals surface area contributed by atoms with Crippen molar-refractivity contribution in [2.45, 2.75) is 65.2 Å². The summed E-state index contributed by atoms with van der Waals surface area (Å²) in [6, 6.07) is 17.3. The van der Waals surface area contributed by atoms with Gasteiger partial charge in [-0.2, -0.15) is 0 Å². The number of hydrazine groups is 1. The summed E-state index contributed by atoms with van der Waals surface area (Å²) in [5, 5.41) is 3.50. The van der Waals surface area contributed by atoms with Gasteiger partial charge >= 0.3 is 0 Å². The van der Waals surface area contributed by atoms with Gasteiger partial charge in [0.1, 0.15) is 18.8 Å². The van der Waals surface area contributed by atoms with E-state index >= 15 is 0 Å². The number of amides is 1. The Morgan fingerprint density at radius 1 is 0.861 bits per heavy atom. The van der Waals surface area contributed by atoms with Crippen molar-refractivity contribution in [2.24, 2.45) is 4.99 Å². The van der Waals surface area contributed by atoms with Gasteiger partial charge in [0.15, 0.2) is 11.7 Å². The van der Waals surface area contributed by atoms with E-state index in [4.69, 9.17) is 0 Å². The molecule has 0 radical (unpaired) electrons. The molecule has 3 aromatic rings. The molecule has 1 aromatic heterocycles. The molecular weight excluding hydrogens is 450 g/mol. The van der Waals surface area contributed by atoms with Crippen LogP contribution >= 0.6 is 0 Å². The average molecular weight is 486 g/mol. The molecule has 0 atom stereocenters. The van der Waals surface area contributed by atoms with Crippen molar-refractivity contribution in [1.82, 2.24) is 14.6 Å². The number of carbonyl (C=O) groups is 2. The van der Waals surface area contributed by atoms with Crippen molar-refractivity contribution in [2.75, 3.05) is 11.7 Å². The standard InChI is InChI=1S/C18H13N5O.C11H22O/c24-18(13-6-2-1-3-7-13)22-12-20-17-14-8-4-5-9-15(14)21-11-19-10-16(21)23(17)22;1-3-5-7-9-11(12)10-8-6-4-2/h1-11H,12H2;3-10H2,1-2H3. The minimum absolute atomic E-state index is 0.0820. The van der Waals surface area contributed by atoms with E-state index in [1.165, 1.54) is 25.7 Å². The van der Waals surface area contributed by atoms with E-state index < -0.39 is 0 Å². The highest BCUT2D eigenvalue weighted by molar-refractivity contribution is 6.16. The van der Waals surface area contributed by atoms with Crippen LogP contribution in [0.1, 0.15) is 81.1 Å². The number of anilines is 1. The zero-order valence-electron chi connectivity index (χ0n) is 21.3. The summed E-state index contributed by atoms with van der Waals surface area (Å²) in [5.41, 5.74) is 2.65. The van der Waals surface area contributed by atoms with Crippen LogP contribution in [0.3, 0.4) is 0 Å². The Morgan fingerprint density at radius 2 is 1.53 bits per heavy atom. The minimum Gasteiger partial charge on any atom is -0.300 e. The van der Waals surface area contributed by atoms with Gasteiger partial charge in [-0.05, 0) is 37.1 Å². The van der Waals surface area contributed by atoms with Gasteiger partial charge in [-0.1, -0.05) is 69.9 Å². The minimum atomic E-state index is -0.0820. The fourth-order valence-corrected chi connectivity index (χ4v) is 4.47. The zero-order chi connectivity index (χ0) is 25.3. The van der Waals surface area contributed by atoms with Crippen molar-refractivity contribution in [3.8, 4) is 5.69 Å². The second kappa shape index (κ2) is 12.3. The van der Waals surface area contributed by atoms with Gasteiger partial charge in [-0.3, -0.25) is 14.2 Å². The fourth-order valence-electron chi connectivity index (χ4n) is 4.47. The summed E-state index contributed by atoms with van der Waals surface area (Å²) < 4.78 is 1.98. The molecule has 0 saturated heterocycles. The summed E-state index contributed by atoms with van der Waals surface area (Å²) in [4.78, 5) is 33.0. The summed E-state index contributed by atoms with van der Waals surface area (Å²) in [5.74, 6) is 1.98. The van der Waals surface area contributed by atoms with Gasteiger partial charge in [0, 0.05) is 24.0 Å². The molecule has 3 heterocycles. The number of amidine groups is 1. The molecule has 188 valence electrons. The first-order valence-corrected chi connectivity index (χ1v) is 13.0. The third-order valence-corrected chi connectivity index (χ3v) is 6.41. The number of hydrogen-bond donors (Lipinski definition) is 0. The van der Waals surface area contributed by atoms with Crippen molar-refractivity contribution in [3.05, 3.63) is 78.2 Å². The maximum Gasteiger partial charge on any atom is 0.274 e.